The van der Waals surface area contributed by atoms with Gasteiger partial charge in [0.25, 0.3) is 0 Å². The highest BCUT2D eigenvalue weighted by Gasteiger charge is 2.24. The predicted octanol–water partition coefficient (Wildman–Crippen LogP) is 3.93. The van der Waals surface area contributed by atoms with Crippen LogP contribution in [0.5, 0.6) is 0 Å². The maximum absolute atomic E-state index is 6.06. The Bertz CT molecular complexity index is 259. The second-order valence-corrected chi connectivity index (χ2v) is 5.45. The van der Waals surface area contributed by atoms with Crippen molar-refractivity contribution < 1.29 is 0 Å². The topological polar surface area (TPSA) is 12.0 Å². The van der Waals surface area contributed by atoms with E-state index in [1.54, 1.807) is 11.3 Å². The maximum Gasteiger partial charge on any atom is 0.0291 e. The van der Waals surface area contributed by atoms with Crippen LogP contribution in [0.2, 0.25) is 0 Å². The molecule has 1 rings (SSSR count). The second kappa shape index (κ2) is 7.31. The third-order valence-electron chi connectivity index (χ3n) is 3.45. The SMILES string of the molecule is CCC(CC)(CCl)CNCCc1ccsc1. The van der Waals surface area contributed by atoms with E-state index in [9.17, 15) is 0 Å². The molecule has 0 fully saturated rings. The first-order valence-corrected chi connectivity index (χ1v) is 7.52. The van der Waals surface area contributed by atoms with Crippen molar-refractivity contribution in [3.05, 3.63) is 22.4 Å². The van der Waals surface area contributed by atoms with Crippen LogP contribution in [-0.2, 0) is 6.42 Å². The first-order chi connectivity index (χ1) is 7.76. The van der Waals surface area contributed by atoms with E-state index in [1.165, 1.54) is 5.56 Å². The lowest BCUT2D eigenvalue weighted by Crippen LogP contribution is -2.35. The van der Waals surface area contributed by atoms with Crippen molar-refractivity contribution in [1.82, 2.24) is 5.32 Å². The van der Waals surface area contributed by atoms with Crippen LogP contribution in [0.4, 0.5) is 0 Å². The molecule has 0 aliphatic rings. The summed E-state index contributed by atoms with van der Waals surface area (Å²) < 4.78 is 0. The van der Waals surface area contributed by atoms with Crippen LogP contribution in [0, 0.1) is 5.41 Å². The Labute approximate surface area is 108 Å². The van der Waals surface area contributed by atoms with Crippen LogP contribution in [0.1, 0.15) is 32.3 Å². The number of hydrogen-bond acceptors (Lipinski definition) is 2. The van der Waals surface area contributed by atoms with Gasteiger partial charge in [0.1, 0.15) is 0 Å². The summed E-state index contributed by atoms with van der Waals surface area (Å²) >= 11 is 7.83. The van der Waals surface area contributed by atoms with Gasteiger partial charge < -0.3 is 5.32 Å². The third kappa shape index (κ3) is 4.08. The van der Waals surface area contributed by atoms with E-state index in [2.05, 4.69) is 36.0 Å². The average Bonchev–Trinajstić information content (AvgIpc) is 2.83. The molecule has 0 radical (unpaired) electrons. The van der Waals surface area contributed by atoms with Gasteiger partial charge in [-0.3, -0.25) is 0 Å². The number of nitrogens with one attached hydrogen (secondary N) is 1. The summed E-state index contributed by atoms with van der Waals surface area (Å²) in [6.07, 6.45) is 3.42. The normalized spacial score (nSPS) is 11.9. The van der Waals surface area contributed by atoms with E-state index < -0.39 is 0 Å². The Morgan fingerprint density at radius 1 is 1.38 bits per heavy atom. The van der Waals surface area contributed by atoms with Gasteiger partial charge in [0, 0.05) is 12.4 Å². The highest BCUT2D eigenvalue weighted by Crippen LogP contribution is 2.26. The molecule has 1 aromatic heterocycles. The van der Waals surface area contributed by atoms with E-state index in [-0.39, 0.29) is 5.41 Å². The Morgan fingerprint density at radius 2 is 2.12 bits per heavy atom. The van der Waals surface area contributed by atoms with Gasteiger partial charge in [-0.2, -0.15) is 11.3 Å². The van der Waals surface area contributed by atoms with E-state index in [0.29, 0.717) is 0 Å². The zero-order valence-corrected chi connectivity index (χ0v) is 11.8. The summed E-state index contributed by atoms with van der Waals surface area (Å²) in [4.78, 5) is 0. The summed E-state index contributed by atoms with van der Waals surface area (Å²) in [6.45, 7) is 6.54. The zero-order chi connectivity index (χ0) is 11.9. The number of rotatable bonds is 8. The Balaban J connectivity index is 2.23. The molecular weight excluding hydrogens is 238 g/mol. The largest absolute Gasteiger partial charge is 0.316 e. The lowest BCUT2D eigenvalue weighted by atomic mass is 9.84. The van der Waals surface area contributed by atoms with Crippen molar-refractivity contribution in [2.45, 2.75) is 33.1 Å². The van der Waals surface area contributed by atoms with Crippen molar-refractivity contribution in [2.75, 3.05) is 19.0 Å². The number of thiophene rings is 1. The van der Waals surface area contributed by atoms with Crippen molar-refractivity contribution in [2.24, 2.45) is 5.41 Å². The van der Waals surface area contributed by atoms with Gasteiger partial charge in [-0.05, 0) is 53.6 Å². The fourth-order valence-electron chi connectivity index (χ4n) is 1.76. The molecule has 16 heavy (non-hydrogen) atoms. The minimum Gasteiger partial charge on any atom is -0.316 e. The molecule has 0 aromatic carbocycles. The fourth-order valence-corrected chi connectivity index (χ4v) is 2.93. The van der Waals surface area contributed by atoms with Gasteiger partial charge in [0.15, 0.2) is 0 Å². The van der Waals surface area contributed by atoms with Gasteiger partial charge >= 0.3 is 0 Å². The average molecular weight is 260 g/mol. The number of halogens is 1. The molecule has 0 amide bonds. The molecule has 0 unspecified atom stereocenters. The Morgan fingerprint density at radius 3 is 2.62 bits per heavy atom. The van der Waals surface area contributed by atoms with Crippen molar-refractivity contribution in [3.63, 3.8) is 0 Å². The molecule has 0 atom stereocenters. The summed E-state index contributed by atoms with van der Waals surface area (Å²) in [5.41, 5.74) is 1.72. The minimum atomic E-state index is 0.288. The molecule has 0 bridgehead atoms. The van der Waals surface area contributed by atoms with Gasteiger partial charge in [-0.1, -0.05) is 13.8 Å². The minimum absolute atomic E-state index is 0.288. The Kier molecular flexibility index (Phi) is 6.40. The van der Waals surface area contributed by atoms with Gasteiger partial charge in [-0.25, -0.2) is 0 Å². The molecule has 0 saturated heterocycles. The lowest BCUT2D eigenvalue weighted by molar-refractivity contribution is 0.288. The summed E-state index contributed by atoms with van der Waals surface area (Å²) in [5, 5.41) is 7.89. The molecule has 3 heteroatoms. The van der Waals surface area contributed by atoms with Crippen LogP contribution in [-0.4, -0.2) is 19.0 Å². The van der Waals surface area contributed by atoms with Gasteiger partial charge in [0.05, 0.1) is 0 Å². The molecule has 1 nitrogen and oxygen atoms in total. The van der Waals surface area contributed by atoms with Gasteiger partial charge in [0.2, 0.25) is 0 Å². The molecule has 92 valence electrons. The summed E-state index contributed by atoms with van der Waals surface area (Å²) in [7, 11) is 0. The highest BCUT2D eigenvalue weighted by atomic mass is 35.5. The van der Waals surface area contributed by atoms with E-state index in [4.69, 9.17) is 11.6 Å². The third-order valence-corrected chi connectivity index (χ3v) is 4.75. The van der Waals surface area contributed by atoms with Crippen LogP contribution in [0.15, 0.2) is 16.8 Å². The van der Waals surface area contributed by atoms with Crippen LogP contribution >= 0.6 is 22.9 Å². The first kappa shape index (κ1) is 14.0. The molecule has 1 N–H and O–H groups in total. The number of alkyl halides is 1. The Hall–Kier alpha value is -0.0500. The highest BCUT2D eigenvalue weighted by molar-refractivity contribution is 7.07. The zero-order valence-electron chi connectivity index (χ0n) is 10.3. The molecule has 0 saturated carbocycles. The van der Waals surface area contributed by atoms with Crippen molar-refractivity contribution >= 4 is 22.9 Å². The molecule has 0 spiro atoms. The molecule has 0 aliphatic heterocycles. The van der Waals surface area contributed by atoms with Crippen molar-refractivity contribution in [1.29, 1.82) is 0 Å². The van der Waals surface area contributed by atoms with Crippen LogP contribution < -0.4 is 5.32 Å². The molecular formula is C13H22ClNS. The number of hydrogen-bond donors (Lipinski definition) is 1. The van der Waals surface area contributed by atoms with Crippen LogP contribution in [0.3, 0.4) is 0 Å². The first-order valence-electron chi connectivity index (χ1n) is 6.04. The smallest absolute Gasteiger partial charge is 0.0291 e. The van der Waals surface area contributed by atoms with E-state index >= 15 is 0 Å². The fraction of sp³-hybridized carbons (Fsp3) is 0.692. The standard InChI is InChI=1S/C13H22ClNS/c1-3-13(4-2,10-14)11-15-7-5-12-6-8-16-9-12/h6,8-9,15H,3-5,7,10-11H2,1-2H3. The summed E-state index contributed by atoms with van der Waals surface area (Å²) in [6, 6.07) is 2.20. The predicted molar refractivity (Wildman–Crippen MR) is 74.6 cm³/mol. The van der Waals surface area contributed by atoms with E-state index in [0.717, 1.165) is 38.2 Å². The van der Waals surface area contributed by atoms with Crippen LogP contribution in [0.25, 0.3) is 0 Å². The summed E-state index contributed by atoms with van der Waals surface area (Å²) in [5.74, 6) is 0.755. The maximum atomic E-state index is 6.06. The molecule has 1 heterocycles. The quantitative estimate of drug-likeness (QED) is 0.551. The lowest BCUT2D eigenvalue weighted by Gasteiger charge is -2.29. The van der Waals surface area contributed by atoms with Gasteiger partial charge in [-0.15, -0.1) is 11.6 Å². The molecule has 0 aliphatic carbocycles. The van der Waals surface area contributed by atoms with Crippen molar-refractivity contribution in [3.8, 4) is 0 Å². The second-order valence-electron chi connectivity index (χ2n) is 4.40. The molecule has 1 aromatic rings. The monoisotopic (exact) mass is 259 g/mol. The van der Waals surface area contributed by atoms with E-state index in [1.807, 2.05) is 0 Å².